The van der Waals surface area contributed by atoms with Crippen molar-refractivity contribution in [2.45, 2.75) is 24.7 Å². The van der Waals surface area contributed by atoms with Crippen LogP contribution in [0.1, 0.15) is 18.4 Å². The van der Waals surface area contributed by atoms with Crippen LogP contribution in [0.4, 0.5) is 5.69 Å². The molecule has 1 N–H and O–H groups in total. The number of aryl methyl sites for hydroxylation is 1. The first-order chi connectivity index (χ1) is 11.6. The molecule has 0 atom stereocenters. The molecule has 0 aliphatic heterocycles. The highest BCUT2D eigenvalue weighted by atomic mass is 32.2. The van der Waals surface area contributed by atoms with Crippen LogP contribution in [-0.2, 0) is 4.79 Å². The van der Waals surface area contributed by atoms with Crippen molar-refractivity contribution in [2.24, 2.45) is 0 Å². The van der Waals surface area contributed by atoms with Gasteiger partial charge in [-0.25, -0.2) is 0 Å². The number of anilines is 1. The minimum Gasteiger partial charge on any atom is -0.375 e. The number of nitrogens with one attached hydrogen (secondary N) is 1. The molecule has 24 heavy (non-hydrogen) atoms. The van der Waals surface area contributed by atoms with E-state index in [1.807, 2.05) is 18.2 Å². The molecule has 0 aliphatic carbocycles. The van der Waals surface area contributed by atoms with Crippen molar-refractivity contribution >= 4 is 23.4 Å². The van der Waals surface area contributed by atoms with E-state index in [1.165, 1.54) is 16.1 Å². The van der Waals surface area contributed by atoms with Gasteiger partial charge in [-0.3, -0.25) is 4.79 Å². The number of carbonyl (C=O) groups excluding carboxylic acids is 1. The van der Waals surface area contributed by atoms with Crippen LogP contribution in [0.2, 0.25) is 0 Å². The summed E-state index contributed by atoms with van der Waals surface area (Å²) in [7, 11) is 2.08. The molecule has 2 aromatic carbocycles. The van der Waals surface area contributed by atoms with Gasteiger partial charge in [0.05, 0.1) is 0 Å². The van der Waals surface area contributed by atoms with Gasteiger partial charge in [-0.1, -0.05) is 35.9 Å². The summed E-state index contributed by atoms with van der Waals surface area (Å²) in [6.45, 7) is 3.74. The number of benzene rings is 2. The Morgan fingerprint density at radius 3 is 2.50 bits per heavy atom. The summed E-state index contributed by atoms with van der Waals surface area (Å²) in [6, 6.07) is 18.7. The zero-order valence-electron chi connectivity index (χ0n) is 14.5. The fraction of sp³-hybridized carbons (Fsp3) is 0.350. The van der Waals surface area contributed by atoms with Gasteiger partial charge in [-0.2, -0.15) is 0 Å². The standard InChI is InChI=1S/C20H26N2OS/c1-17-9-11-19(12-10-17)24-16-13-20(23)21-14-6-15-22(2)18-7-4-3-5-8-18/h3-5,7-12H,6,13-16H2,1-2H3,(H,21,23). The zero-order chi connectivity index (χ0) is 17.2. The van der Waals surface area contributed by atoms with E-state index in [4.69, 9.17) is 0 Å². The van der Waals surface area contributed by atoms with Crippen LogP contribution >= 0.6 is 11.8 Å². The predicted molar refractivity (Wildman–Crippen MR) is 104 cm³/mol. The highest BCUT2D eigenvalue weighted by Gasteiger charge is 2.03. The van der Waals surface area contributed by atoms with Crippen LogP contribution in [0.25, 0.3) is 0 Å². The fourth-order valence-corrected chi connectivity index (χ4v) is 3.19. The summed E-state index contributed by atoms with van der Waals surface area (Å²) in [5, 5.41) is 3.01. The lowest BCUT2D eigenvalue weighted by atomic mass is 10.2. The molecule has 0 radical (unpaired) electrons. The van der Waals surface area contributed by atoms with Gasteiger partial charge in [0.2, 0.25) is 5.91 Å². The van der Waals surface area contributed by atoms with Gasteiger partial charge >= 0.3 is 0 Å². The maximum atomic E-state index is 11.9. The van der Waals surface area contributed by atoms with Crippen molar-refractivity contribution in [1.29, 1.82) is 0 Å². The van der Waals surface area contributed by atoms with Gasteiger partial charge in [0.15, 0.2) is 0 Å². The van der Waals surface area contributed by atoms with E-state index in [9.17, 15) is 4.79 Å². The van der Waals surface area contributed by atoms with E-state index >= 15 is 0 Å². The smallest absolute Gasteiger partial charge is 0.220 e. The van der Waals surface area contributed by atoms with Gasteiger partial charge in [-0.15, -0.1) is 11.8 Å². The highest BCUT2D eigenvalue weighted by Crippen LogP contribution is 2.18. The van der Waals surface area contributed by atoms with Crippen molar-refractivity contribution in [3.05, 3.63) is 60.2 Å². The van der Waals surface area contributed by atoms with Crippen molar-refractivity contribution in [3.8, 4) is 0 Å². The second-order valence-electron chi connectivity index (χ2n) is 5.87. The summed E-state index contributed by atoms with van der Waals surface area (Å²) in [5.41, 5.74) is 2.47. The lowest BCUT2D eigenvalue weighted by molar-refractivity contribution is -0.120. The average Bonchev–Trinajstić information content (AvgIpc) is 2.61. The Morgan fingerprint density at radius 2 is 1.79 bits per heavy atom. The van der Waals surface area contributed by atoms with E-state index in [-0.39, 0.29) is 5.91 Å². The second-order valence-corrected chi connectivity index (χ2v) is 7.04. The average molecular weight is 343 g/mol. The molecular weight excluding hydrogens is 316 g/mol. The molecular formula is C20H26N2OS. The molecule has 4 heteroatoms. The number of thioether (sulfide) groups is 1. The third kappa shape index (κ3) is 6.67. The topological polar surface area (TPSA) is 32.3 Å². The Hall–Kier alpha value is -1.94. The molecule has 1 amide bonds. The SMILES string of the molecule is Cc1ccc(SCCC(=O)NCCCN(C)c2ccccc2)cc1. The van der Waals surface area contributed by atoms with Gasteiger partial charge in [0.1, 0.15) is 0 Å². The van der Waals surface area contributed by atoms with Gasteiger partial charge < -0.3 is 10.2 Å². The van der Waals surface area contributed by atoms with Gasteiger partial charge in [0, 0.05) is 42.9 Å². The second kappa shape index (κ2) is 10.0. The zero-order valence-corrected chi connectivity index (χ0v) is 15.3. The molecule has 0 saturated carbocycles. The minimum atomic E-state index is 0.136. The molecule has 128 valence electrons. The monoisotopic (exact) mass is 342 g/mol. The fourth-order valence-electron chi connectivity index (χ4n) is 2.34. The number of carbonyl (C=O) groups is 1. The van der Waals surface area contributed by atoms with E-state index in [2.05, 4.69) is 60.6 Å². The molecule has 0 spiro atoms. The summed E-state index contributed by atoms with van der Waals surface area (Å²) in [4.78, 5) is 15.3. The van der Waals surface area contributed by atoms with Crippen molar-refractivity contribution in [1.82, 2.24) is 5.32 Å². The minimum absolute atomic E-state index is 0.136. The first-order valence-electron chi connectivity index (χ1n) is 8.37. The maximum absolute atomic E-state index is 11.9. The summed E-state index contributed by atoms with van der Waals surface area (Å²) in [5.74, 6) is 0.954. The van der Waals surface area contributed by atoms with E-state index < -0.39 is 0 Å². The molecule has 2 rings (SSSR count). The largest absolute Gasteiger partial charge is 0.375 e. The van der Waals surface area contributed by atoms with Crippen LogP contribution in [0.3, 0.4) is 0 Å². The van der Waals surface area contributed by atoms with Crippen LogP contribution < -0.4 is 10.2 Å². The normalized spacial score (nSPS) is 10.4. The number of rotatable bonds is 9. The molecule has 3 nitrogen and oxygen atoms in total. The Morgan fingerprint density at radius 1 is 1.08 bits per heavy atom. The first-order valence-corrected chi connectivity index (χ1v) is 9.36. The quantitative estimate of drug-likeness (QED) is 0.549. The molecule has 0 fully saturated rings. The first kappa shape index (κ1) is 18.4. The summed E-state index contributed by atoms with van der Waals surface area (Å²) >= 11 is 1.73. The number of nitrogens with zero attached hydrogens (tertiary/aromatic N) is 1. The maximum Gasteiger partial charge on any atom is 0.220 e. The molecule has 0 heterocycles. The third-order valence-corrected chi connectivity index (χ3v) is 4.82. The van der Waals surface area contributed by atoms with Crippen molar-refractivity contribution < 1.29 is 4.79 Å². The van der Waals surface area contributed by atoms with Crippen molar-refractivity contribution in [2.75, 3.05) is 30.8 Å². The number of amides is 1. The molecule has 0 unspecified atom stereocenters. The van der Waals surface area contributed by atoms with Gasteiger partial charge in [0.25, 0.3) is 0 Å². The Balaban J connectivity index is 1.56. The van der Waals surface area contributed by atoms with Crippen LogP contribution in [-0.4, -0.2) is 31.8 Å². The lowest BCUT2D eigenvalue weighted by Crippen LogP contribution is -2.28. The molecule has 0 bridgehead atoms. The third-order valence-electron chi connectivity index (χ3n) is 3.81. The molecule has 0 aromatic heterocycles. The van der Waals surface area contributed by atoms with E-state index in [1.54, 1.807) is 11.8 Å². The Kier molecular flexibility index (Phi) is 7.69. The number of para-hydroxylation sites is 1. The Labute approximate surface area is 149 Å². The van der Waals surface area contributed by atoms with Crippen LogP contribution in [0, 0.1) is 6.92 Å². The molecule has 2 aromatic rings. The highest BCUT2D eigenvalue weighted by molar-refractivity contribution is 7.99. The summed E-state index contributed by atoms with van der Waals surface area (Å²) in [6.07, 6.45) is 1.51. The summed E-state index contributed by atoms with van der Waals surface area (Å²) < 4.78 is 0. The predicted octanol–water partition coefficient (Wildman–Crippen LogP) is 4.12. The van der Waals surface area contributed by atoms with Crippen LogP contribution in [0.5, 0.6) is 0 Å². The number of hydrogen-bond donors (Lipinski definition) is 1. The van der Waals surface area contributed by atoms with Gasteiger partial charge in [-0.05, 0) is 37.6 Å². The Bertz CT molecular complexity index is 613. The van der Waals surface area contributed by atoms with E-state index in [0.717, 1.165) is 25.3 Å². The lowest BCUT2D eigenvalue weighted by Gasteiger charge is -2.19. The van der Waals surface area contributed by atoms with Crippen LogP contribution in [0.15, 0.2) is 59.5 Å². The van der Waals surface area contributed by atoms with E-state index in [0.29, 0.717) is 6.42 Å². The molecule has 0 aliphatic rings. The van der Waals surface area contributed by atoms with Crippen molar-refractivity contribution in [3.63, 3.8) is 0 Å². The number of hydrogen-bond acceptors (Lipinski definition) is 3. The molecule has 0 saturated heterocycles.